The molecule has 0 aliphatic rings. The van der Waals surface area contributed by atoms with Gasteiger partial charge in [0.15, 0.2) is 0 Å². The third-order valence-corrected chi connectivity index (χ3v) is 0.612. The van der Waals surface area contributed by atoms with Gasteiger partial charge in [-0.15, -0.1) is 0 Å². The predicted octanol–water partition coefficient (Wildman–Crippen LogP) is -0.264. The summed E-state index contributed by atoms with van der Waals surface area (Å²) < 4.78 is 0.814. The fourth-order valence-corrected chi connectivity index (χ4v) is 0. The quantitative estimate of drug-likeness (QED) is 0.486. The average Bonchev–Trinajstić information content (AvgIpc) is 1.37. The van der Waals surface area contributed by atoms with Gasteiger partial charge in [0.25, 0.3) is 0 Å². The molecule has 0 rings (SSSR count). The normalized spacial score (nSPS) is 7.50. The summed E-state index contributed by atoms with van der Waals surface area (Å²) in [6, 6.07) is 0. The van der Waals surface area contributed by atoms with E-state index < -0.39 is 0 Å². The van der Waals surface area contributed by atoms with Gasteiger partial charge in [0.1, 0.15) is 0 Å². The Morgan fingerprint density at radius 1 is 1.75 bits per heavy atom. The molecule has 0 unspecified atom stereocenters. The van der Waals surface area contributed by atoms with E-state index in [-0.39, 0.29) is 6.61 Å². The Balaban J connectivity index is 1.97. The number of rotatable bonds is 1. The molecule has 0 aliphatic carbocycles. The zero-order valence-electron chi connectivity index (χ0n) is 2.27. The van der Waals surface area contributed by atoms with E-state index in [2.05, 4.69) is 0 Å². The first-order valence-electron chi connectivity index (χ1n) is 1.10. The van der Waals surface area contributed by atoms with Crippen molar-refractivity contribution >= 4 is 22.3 Å². The number of hydrogen-bond acceptors (Lipinski definition) is 0. The Hall–Kier alpha value is 0.750. The molecule has 25 valence electrons. The van der Waals surface area contributed by atoms with Crippen LogP contribution in [-0.4, -0.2) is 28.9 Å². The van der Waals surface area contributed by atoms with Crippen molar-refractivity contribution in [3.63, 3.8) is 0 Å². The Morgan fingerprint density at radius 3 is 2.00 bits per heavy atom. The first-order chi connectivity index (χ1) is 1.91. The van der Waals surface area contributed by atoms with E-state index in [4.69, 9.17) is 0 Å². The molecule has 2 heteroatoms. The maximum atomic E-state index is 9.31. The molecule has 0 atom stereocenters. The van der Waals surface area contributed by atoms with Gasteiger partial charge in [-0.3, -0.25) is 0 Å². The summed E-state index contributed by atoms with van der Waals surface area (Å²) in [6.45, 7) is 0.0917. The van der Waals surface area contributed by atoms with Crippen molar-refractivity contribution in [2.24, 2.45) is 0 Å². The van der Waals surface area contributed by atoms with E-state index in [0.29, 0.717) is 0 Å². The minimum absolute atomic E-state index is 0.0917. The molecule has 0 amide bonds. The van der Waals surface area contributed by atoms with Gasteiger partial charge >= 0.3 is 38.5 Å². The molecule has 0 N–H and O–H groups in total. The molecule has 0 saturated carbocycles. The van der Waals surface area contributed by atoms with Crippen LogP contribution in [0.3, 0.4) is 0 Å². The Labute approximate surface area is 38.9 Å². The first kappa shape index (κ1) is 4.75. The van der Waals surface area contributed by atoms with E-state index in [0.717, 1.165) is 4.47 Å². The second-order valence-electron chi connectivity index (χ2n) is 0.428. The summed E-state index contributed by atoms with van der Waals surface area (Å²) in [5.74, 6) is 0. The maximum absolute atomic E-state index is 9.31. The molecular formula is C2H5OTe. The molecule has 1 radical (unpaired) electrons. The van der Waals surface area contributed by atoms with Crippen LogP contribution in [0.4, 0.5) is 0 Å². The van der Waals surface area contributed by atoms with Crippen LogP contribution in [0, 0.1) is 0 Å². The topological polar surface area (TPSA) is 19.9 Å². The van der Waals surface area contributed by atoms with Crippen LogP contribution in [0.1, 0.15) is 0 Å². The third-order valence-electron chi connectivity index (χ3n) is 0.0913. The zero-order chi connectivity index (χ0) is 3.41. The first-order valence-corrected chi connectivity index (χ1v) is 2.91. The van der Waals surface area contributed by atoms with Gasteiger partial charge in [-0.05, 0) is 0 Å². The standard InChI is InChI=1S/C2H5OTe/c3-1-2-4/h4H,1-2H2. The summed E-state index contributed by atoms with van der Waals surface area (Å²) >= 11 is 1.58. The van der Waals surface area contributed by atoms with E-state index in [1.54, 1.807) is 22.3 Å². The van der Waals surface area contributed by atoms with Crippen LogP contribution in [-0.2, 0) is 5.11 Å². The van der Waals surface area contributed by atoms with Crippen LogP contribution in [0.2, 0.25) is 4.47 Å². The van der Waals surface area contributed by atoms with Crippen LogP contribution in [0.25, 0.3) is 0 Å². The molecule has 0 aromatic carbocycles. The molecule has 0 aliphatic heterocycles. The van der Waals surface area contributed by atoms with E-state index in [9.17, 15) is 5.11 Å². The molecule has 0 saturated heterocycles. The van der Waals surface area contributed by atoms with Crippen LogP contribution in [0.15, 0.2) is 0 Å². The Bertz CT molecular complexity index is 8.00. The van der Waals surface area contributed by atoms with Crippen molar-refractivity contribution in [1.82, 2.24) is 0 Å². The van der Waals surface area contributed by atoms with Gasteiger partial charge in [-0.1, -0.05) is 0 Å². The van der Waals surface area contributed by atoms with Gasteiger partial charge in [0.05, 0.1) is 0 Å². The third kappa shape index (κ3) is 2.75. The molecule has 1 nitrogen and oxygen atoms in total. The van der Waals surface area contributed by atoms with Crippen molar-refractivity contribution in [2.45, 2.75) is 4.47 Å². The molecule has 0 fully saturated rings. The molecule has 0 spiro atoms. The molecule has 4 heavy (non-hydrogen) atoms. The Morgan fingerprint density at radius 2 is 2.00 bits per heavy atom. The van der Waals surface area contributed by atoms with Crippen molar-refractivity contribution in [2.75, 3.05) is 6.61 Å². The van der Waals surface area contributed by atoms with Gasteiger partial charge < -0.3 is 0 Å². The molecule has 0 aromatic rings. The second kappa shape index (κ2) is 3.75. The minimum atomic E-state index is 0.0917. The van der Waals surface area contributed by atoms with E-state index >= 15 is 0 Å². The summed E-state index contributed by atoms with van der Waals surface area (Å²) in [6.07, 6.45) is 0. The molecular weight excluding hydrogens is 168 g/mol. The predicted molar refractivity (Wildman–Crippen MR) is 17.5 cm³/mol. The Kier molecular flexibility index (Phi) is 4.45. The number of hydrogen-bond donors (Lipinski definition) is 0. The average molecular weight is 173 g/mol. The fraction of sp³-hybridized carbons (Fsp3) is 1.00. The summed E-state index contributed by atoms with van der Waals surface area (Å²) in [5, 5.41) is 9.31. The summed E-state index contributed by atoms with van der Waals surface area (Å²) in [5.41, 5.74) is 0. The zero-order valence-corrected chi connectivity index (χ0v) is 4.82. The van der Waals surface area contributed by atoms with Crippen molar-refractivity contribution in [1.29, 1.82) is 0 Å². The van der Waals surface area contributed by atoms with Gasteiger partial charge in [0, 0.05) is 0 Å². The van der Waals surface area contributed by atoms with Gasteiger partial charge in [-0.2, -0.15) is 0 Å². The van der Waals surface area contributed by atoms with Crippen LogP contribution >= 0.6 is 0 Å². The summed E-state index contributed by atoms with van der Waals surface area (Å²) in [4.78, 5) is 0. The SMILES string of the molecule is [O]CC[TeH]. The van der Waals surface area contributed by atoms with Crippen molar-refractivity contribution < 1.29 is 5.11 Å². The van der Waals surface area contributed by atoms with E-state index in [1.807, 2.05) is 0 Å². The van der Waals surface area contributed by atoms with Gasteiger partial charge in [0.2, 0.25) is 0 Å². The van der Waals surface area contributed by atoms with Crippen molar-refractivity contribution in [3.05, 3.63) is 0 Å². The van der Waals surface area contributed by atoms with Crippen LogP contribution < -0.4 is 0 Å². The van der Waals surface area contributed by atoms with Crippen LogP contribution in [0.5, 0.6) is 0 Å². The fourth-order valence-electron chi connectivity index (χ4n) is 0. The molecule has 0 bridgehead atoms. The molecule has 0 aromatic heterocycles. The second-order valence-corrected chi connectivity index (χ2v) is 1.70. The van der Waals surface area contributed by atoms with Gasteiger partial charge in [-0.25, -0.2) is 0 Å². The molecule has 0 heterocycles. The monoisotopic (exact) mass is 175 g/mol. The van der Waals surface area contributed by atoms with Crippen molar-refractivity contribution in [3.8, 4) is 0 Å². The summed E-state index contributed by atoms with van der Waals surface area (Å²) in [7, 11) is 0. The van der Waals surface area contributed by atoms with E-state index in [1.165, 1.54) is 0 Å².